The summed E-state index contributed by atoms with van der Waals surface area (Å²) in [7, 11) is 3.36. The van der Waals surface area contributed by atoms with Gasteiger partial charge in [-0.3, -0.25) is 4.99 Å². The van der Waals surface area contributed by atoms with Crippen molar-refractivity contribution in [1.29, 1.82) is 0 Å². The Morgan fingerprint density at radius 3 is 2.59 bits per heavy atom. The van der Waals surface area contributed by atoms with Crippen LogP contribution in [0, 0.1) is 5.92 Å². The molecular formula is C23H33N3O2S. The van der Waals surface area contributed by atoms with Crippen molar-refractivity contribution in [2.75, 3.05) is 14.2 Å². The molecule has 1 aromatic carbocycles. The third-order valence-electron chi connectivity index (χ3n) is 5.21. The van der Waals surface area contributed by atoms with Crippen LogP contribution in [0.25, 0.3) is 11.3 Å². The minimum Gasteiger partial charge on any atom is -0.497 e. The van der Waals surface area contributed by atoms with Gasteiger partial charge in [0.15, 0.2) is 0 Å². The van der Waals surface area contributed by atoms with Crippen molar-refractivity contribution in [3.8, 4) is 22.8 Å². The molecule has 0 bridgehead atoms. The number of ether oxygens (including phenoxy) is 2. The molecule has 0 aliphatic heterocycles. The van der Waals surface area contributed by atoms with E-state index in [-0.39, 0.29) is 0 Å². The molecule has 0 saturated heterocycles. The van der Waals surface area contributed by atoms with Crippen LogP contribution < -0.4 is 14.3 Å². The Kier molecular flexibility index (Phi) is 7.53. The van der Waals surface area contributed by atoms with Gasteiger partial charge in [0.2, 0.25) is 4.80 Å². The van der Waals surface area contributed by atoms with Crippen LogP contribution in [0.2, 0.25) is 0 Å². The molecule has 0 N–H and O–H groups in total. The molecule has 1 heterocycles. The molecule has 0 unspecified atom stereocenters. The van der Waals surface area contributed by atoms with Crippen LogP contribution in [0.1, 0.15) is 59.3 Å². The van der Waals surface area contributed by atoms with Crippen LogP contribution in [0.15, 0.2) is 33.7 Å². The van der Waals surface area contributed by atoms with E-state index in [9.17, 15) is 0 Å². The molecule has 1 saturated carbocycles. The minimum atomic E-state index is 0.403. The van der Waals surface area contributed by atoms with Crippen LogP contribution >= 0.6 is 11.3 Å². The summed E-state index contributed by atoms with van der Waals surface area (Å²) in [5, 5.41) is 7.12. The molecule has 6 heteroatoms. The van der Waals surface area contributed by atoms with Crippen LogP contribution in [0.4, 0.5) is 0 Å². The molecule has 1 aliphatic rings. The summed E-state index contributed by atoms with van der Waals surface area (Å²) in [5.74, 6) is 2.12. The van der Waals surface area contributed by atoms with E-state index in [2.05, 4.69) is 26.2 Å². The first-order chi connectivity index (χ1) is 14.0. The first kappa shape index (κ1) is 21.6. The van der Waals surface area contributed by atoms with E-state index in [0.717, 1.165) is 39.7 Å². The van der Waals surface area contributed by atoms with Crippen molar-refractivity contribution in [1.82, 2.24) is 4.68 Å². The topological polar surface area (TPSA) is 48.1 Å². The summed E-state index contributed by atoms with van der Waals surface area (Å²) in [5.41, 5.74) is 3.11. The fourth-order valence-electron chi connectivity index (χ4n) is 3.85. The normalized spacial score (nSPS) is 16.5. The highest BCUT2D eigenvalue weighted by Gasteiger charge is 2.17. The van der Waals surface area contributed by atoms with Crippen molar-refractivity contribution >= 4 is 17.0 Å². The Labute approximate surface area is 178 Å². The fraction of sp³-hybridized carbons (Fsp3) is 0.565. The van der Waals surface area contributed by atoms with Crippen molar-refractivity contribution < 1.29 is 9.47 Å². The Hall–Kier alpha value is -2.08. The number of nitrogens with zero attached hydrogens (tertiary/aromatic N) is 3. The number of thiazole rings is 1. The quantitative estimate of drug-likeness (QED) is 0.542. The molecule has 2 aromatic rings. The van der Waals surface area contributed by atoms with Gasteiger partial charge in [0.05, 0.1) is 26.0 Å². The Morgan fingerprint density at radius 1 is 1.17 bits per heavy atom. The molecule has 1 aromatic heterocycles. The van der Waals surface area contributed by atoms with Gasteiger partial charge in [-0.05, 0) is 44.2 Å². The van der Waals surface area contributed by atoms with Gasteiger partial charge in [-0.2, -0.15) is 5.10 Å². The standard InChI is InChI=1S/C23H33N3O2S/c1-16(2)13-17(3)25-26-21(20-12-11-19(27-4)14-22(20)28-5)15-29-23(26)24-18-9-7-6-8-10-18/h11-12,14-16,18H,6-10,13H2,1-5H3. The molecule has 0 atom stereocenters. The van der Waals surface area contributed by atoms with Gasteiger partial charge in [0.1, 0.15) is 11.5 Å². The lowest BCUT2D eigenvalue weighted by Crippen LogP contribution is -2.20. The molecule has 158 valence electrons. The second kappa shape index (κ2) is 10.1. The smallest absolute Gasteiger partial charge is 0.206 e. The Balaban J connectivity index is 2.11. The van der Waals surface area contributed by atoms with Crippen molar-refractivity contribution in [2.24, 2.45) is 16.0 Å². The molecule has 0 amide bonds. The number of hydrogen-bond acceptors (Lipinski definition) is 5. The highest BCUT2D eigenvalue weighted by atomic mass is 32.1. The number of hydrogen-bond donors (Lipinski definition) is 0. The summed E-state index contributed by atoms with van der Waals surface area (Å²) in [4.78, 5) is 6.06. The summed E-state index contributed by atoms with van der Waals surface area (Å²) < 4.78 is 13.0. The predicted octanol–water partition coefficient (Wildman–Crippen LogP) is 5.74. The van der Waals surface area contributed by atoms with Gasteiger partial charge in [-0.15, -0.1) is 11.3 Å². The van der Waals surface area contributed by atoms with Crippen molar-refractivity contribution in [3.63, 3.8) is 0 Å². The van der Waals surface area contributed by atoms with Gasteiger partial charge in [0.25, 0.3) is 0 Å². The monoisotopic (exact) mass is 415 g/mol. The Bertz CT molecular complexity index is 905. The highest BCUT2D eigenvalue weighted by molar-refractivity contribution is 7.07. The van der Waals surface area contributed by atoms with Gasteiger partial charge >= 0.3 is 0 Å². The van der Waals surface area contributed by atoms with Gasteiger partial charge < -0.3 is 9.47 Å². The van der Waals surface area contributed by atoms with E-state index in [1.807, 2.05) is 22.9 Å². The van der Waals surface area contributed by atoms with Gasteiger partial charge in [-0.1, -0.05) is 33.1 Å². The SMILES string of the molecule is COc1ccc(-c2csc(=NC3CCCCC3)n2N=C(C)CC(C)C)c(OC)c1. The third kappa shape index (κ3) is 5.50. The zero-order valence-electron chi connectivity index (χ0n) is 18.3. The lowest BCUT2D eigenvalue weighted by atomic mass is 9.96. The van der Waals surface area contributed by atoms with Crippen LogP contribution in [0.3, 0.4) is 0 Å². The van der Waals surface area contributed by atoms with Crippen molar-refractivity contribution in [2.45, 2.75) is 65.3 Å². The molecule has 5 nitrogen and oxygen atoms in total. The van der Waals surface area contributed by atoms with E-state index in [1.165, 1.54) is 32.1 Å². The number of aromatic nitrogens is 1. The molecule has 3 rings (SSSR count). The molecule has 29 heavy (non-hydrogen) atoms. The average molecular weight is 416 g/mol. The van der Waals surface area contributed by atoms with Gasteiger partial charge in [-0.25, -0.2) is 4.68 Å². The molecule has 1 fully saturated rings. The van der Waals surface area contributed by atoms with Crippen LogP contribution in [-0.2, 0) is 0 Å². The maximum absolute atomic E-state index is 5.66. The summed E-state index contributed by atoms with van der Waals surface area (Å²) >= 11 is 1.66. The van der Waals surface area contributed by atoms with Crippen LogP contribution in [-0.4, -0.2) is 30.6 Å². The van der Waals surface area contributed by atoms with E-state index in [1.54, 1.807) is 25.6 Å². The first-order valence-electron chi connectivity index (χ1n) is 10.5. The maximum atomic E-state index is 5.66. The number of methoxy groups -OCH3 is 2. The first-order valence-corrected chi connectivity index (χ1v) is 11.4. The van der Waals surface area contributed by atoms with E-state index < -0.39 is 0 Å². The summed E-state index contributed by atoms with van der Waals surface area (Å²) in [6, 6.07) is 6.32. The van der Waals surface area contributed by atoms with E-state index >= 15 is 0 Å². The fourth-order valence-corrected chi connectivity index (χ4v) is 4.74. The minimum absolute atomic E-state index is 0.403. The van der Waals surface area contributed by atoms with Crippen LogP contribution in [0.5, 0.6) is 11.5 Å². The highest BCUT2D eigenvalue weighted by Crippen LogP contribution is 2.33. The zero-order valence-corrected chi connectivity index (χ0v) is 19.1. The zero-order chi connectivity index (χ0) is 20.8. The largest absolute Gasteiger partial charge is 0.497 e. The molecule has 0 radical (unpaired) electrons. The number of benzene rings is 1. The predicted molar refractivity (Wildman–Crippen MR) is 121 cm³/mol. The number of rotatable bonds is 7. The second-order valence-corrected chi connectivity index (χ2v) is 8.97. The second-order valence-electron chi connectivity index (χ2n) is 8.14. The summed E-state index contributed by atoms with van der Waals surface area (Å²) in [6.07, 6.45) is 7.19. The van der Waals surface area contributed by atoms with Gasteiger partial charge in [0, 0.05) is 22.7 Å². The van der Waals surface area contributed by atoms with E-state index in [0.29, 0.717) is 12.0 Å². The van der Waals surface area contributed by atoms with Crippen molar-refractivity contribution in [3.05, 3.63) is 28.4 Å². The molecule has 0 spiro atoms. The summed E-state index contributed by atoms with van der Waals surface area (Å²) in [6.45, 7) is 6.54. The molecule has 1 aliphatic carbocycles. The Morgan fingerprint density at radius 2 is 1.93 bits per heavy atom. The molecular weight excluding hydrogens is 382 g/mol. The van der Waals surface area contributed by atoms with E-state index in [4.69, 9.17) is 19.6 Å². The lowest BCUT2D eigenvalue weighted by Gasteiger charge is -2.17. The average Bonchev–Trinajstić information content (AvgIpc) is 3.09. The lowest BCUT2D eigenvalue weighted by molar-refractivity contribution is 0.395. The third-order valence-corrected chi connectivity index (χ3v) is 6.04. The maximum Gasteiger partial charge on any atom is 0.206 e.